The molecule has 0 aliphatic heterocycles. The van der Waals surface area contributed by atoms with E-state index in [1.54, 1.807) is 31.4 Å². The molecule has 132 valence electrons. The number of rotatable bonds is 6. The Morgan fingerprint density at radius 2 is 1.52 bits per heavy atom. The van der Waals surface area contributed by atoms with Gasteiger partial charge in [0.2, 0.25) is 0 Å². The molecule has 2 rings (SSSR count). The molecule has 2 aromatic rings. The average molecular weight is 342 g/mol. The second kappa shape index (κ2) is 8.73. The van der Waals surface area contributed by atoms with E-state index in [4.69, 9.17) is 9.47 Å². The van der Waals surface area contributed by atoms with E-state index in [-0.39, 0.29) is 6.61 Å². The van der Waals surface area contributed by atoms with E-state index in [0.29, 0.717) is 23.0 Å². The summed E-state index contributed by atoms with van der Waals surface area (Å²) in [6.07, 6.45) is 0. The molecule has 0 saturated carbocycles. The number of hydrogen-bond donors (Lipinski definition) is 2. The fourth-order valence-electron chi connectivity index (χ4n) is 2.07. The Labute approximate surface area is 147 Å². The van der Waals surface area contributed by atoms with Crippen molar-refractivity contribution in [2.45, 2.75) is 19.8 Å². The quantitative estimate of drug-likeness (QED) is 0.791. The standard InChI is InChI=1S/C19H22N2O4/c1-13(2)14-4-10-17(11-5-14)25-12-18(22)20-21-19(23)15-6-8-16(24-3)9-7-15/h4-11,13H,12H2,1-3H3,(H,20,22)(H,21,23). The van der Waals surface area contributed by atoms with E-state index >= 15 is 0 Å². The minimum absolute atomic E-state index is 0.191. The minimum atomic E-state index is -0.449. The van der Waals surface area contributed by atoms with Crippen LogP contribution in [-0.4, -0.2) is 25.5 Å². The fourth-order valence-corrected chi connectivity index (χ4v) is 2.07. The Balaban J connectivity index is 1.77. The predicted octanol–water partition coefficient (Wildman–Crippen LogP) is 2.66. The largest absolute Gasteiger partial charge is 0.497 e. The Kier molecular flexibility index (Phi) is 6.39. The van der Waals surface area contributed by atoms with Crippen molar-refractivity contribution >= 4 is 11.8 Å². The van der Waals surface area contributed by atoms with Crippen LogP contribution in [0.4, 0.5) is 0 Å². The van der Waals surface area contributed by atoms with E-state index in [1.807, 2.05) is 24.3 Å². The zero-order chi connectivity index (χ0) is 18.2. The molecule has 6 heteroatoms. The molecular formula is C19H22N2O4. The van der Waals surface area contributed by atoms with Gasteiger partial charge < -0.3 is 9.47 Å². The van der Waals surface area contributed by atoms with E-state index in [9.17, 15) is 9.59 Å². The first-order valence-electron chi connectivity index (χ1n) is 7.95. The van der Waals surface area contributed by atoms with Gasteiger partial charge in [-0.2, -0.15) is 0 Å². The lowest BCUT2D eigenvalue weighted by Crippen LogP contribution is -2.43. The van der Waals surface area contributed by atoms with Crippen LogP contribution in [0.25, 0.3) is 0 Å². The number of amides is 2. The molecule has 0 bridgehead atoms. The predicted molar refractivity (Wildman–Crippen MR) is 94.6 cm³/mol. The van der Waals surface area contributed by atoms with E-state index in [2.05, 4.69) is 24.7 Å². The number of benzene rings is 2. The maximum absolute atomic E-state index is 11.9. The molecule has 2 aromatic carbocycles. The van der Waals surface area contributed by atoms with Crippen LogP contribution in [0.1, 0.15) is 35.7 Å². The highest BCUT2D eigenvalue weighted by Crippen LogP contribution is 2.18. The lowest BCUT2D eigenvalue weighted by Gasteiger charge is -2.10. The van der Waals surface area contributed by atoms with Crippen LogP contribution in [0, 0.1) is 0 Å². The van der Waals surface area contributed by atoms with Crippen LogP contribution in [-0.2, 0) is 4.79 Å². The van der Waals surface area contributed by atoms with Gasteiger partial charge in [-0.1, -0.05) is 26.0 Å². The first-order valence-corrected chi connectivity index (χ1v) is 7.95. The number of hydrazine groups is 1. The summed E-state index contributed by atoms with van der Waals surface area (Å²) in [5.74, 6) is 0.816. The van der Waals surface area contributed by atoms with Gasteiger partial charge in [0.15, 0.2) is 6.61 Å². The normalized spacial score (nSPS) is 10.2. The van der Waals surface area contributed by atoms with Gasteiger partial charge in [-0.05, 0) is 47.9 Å². The lowest BCUT2D eigenvalue weighted by molar-refractivity contribution is -0.123. The Bertz CT molecular complexity index is 709. The van der Waals surface area contributed by atoms with Crippen LogP contribution < -0.4 is 20.3 Å². The zero-order valence-electron chi connectivity index (χ0n) is 14.5. The summed E-state index contributed by atoms with van der Waals surface area (Å²) in [4.78, 5) is 23.7. The Morgan fingerprint density at radius 3 is 2.08 bits per heavy atom. The number of carbonyl (C=O) groups excluding carboxylic acids is 2. The van der Waals surface area contributed by atoms with Crippen molar-refractivity contribution in [1.29, 1.82) is 0 Å². The van der Waals surface area contributed by atoms with Crippen molar-refractivity contribution in [2.75, 3.05) is 13.7 Å². The average Bonchev–Trinajstić information content (AvgIpc) is 2.64. The van der Waals surface area contributed by atoms with Crippen molar-refractivity contribution in [1.82, 2.24) is 10.9 Å². The van der Waals surface area contributed by atoms with Crippen molar-refractivity contribution in [3.8, 4) is 11.5 Å². The zero-order valence-corrected chi connectivity index (χ0v) is 14.5. The molecule has 6 nitrogen and oxygen atoms in total. The Morgan fingerprint density at radius 1 is 0.920 bits per heavy atom. The summed E-state index contributed by atoms with van der Waals surface area (Å²) in [6, 6.07) is 14.1. The molecule has 0 heterocycles. The molecule has 0 atom stereocenters. The molecule has 0 aliphatic rings. The van der Waals surface area contributed by atoms with Crippen LogP contribution in [0.3, 0.4) is 0 Å². The highest BCUT2D eigenvalue weighted by Gasteiger charge is 2.08. The topological polar surface area (TPSA) is 76.7 Å². The second-order valence-electron chi connectivity index (χ2n) is 5.74. The maximum atomic E-state index is 11.9. The van der Waals surface area contributed by atoms with Gasteiger partial charge in [-0.3, -0.25) is 20.4 Å². The lowest BCUT2D eigenvalue weighted by atomic mass is 10.0. The molecule has 0 radical (unpaired) electrons. The number of hydrogen-bond acceptors (Lipinski definition) is 4. The molecule has 0 aliphatic carbocycles. The van der Waals surface area contributed by atoms with Gasteiger partial charge in [0.1, 0.15) is 11.5 Å². The third-order valence-corrected chi connectivity index (χ3v) is 3.58. The van der Waals surface area contributed by atoms with Crippen molar-refractivity contribution in [3.63, 3.8) is 0 Å². The summed E-state index contributed by atoms with van der Waals surface area (Å²) in [6.45, 7) is 4.02. The number of carbonyl (C=O) groups is 2. The van der Waals surface area contributed by atoms with Crippen LogP contribution in [0.5, 0.6) is 11.5 Å². The molecule has 0 saturated heterocycles. The summed E-state index contributed by atoms with van der Waals surface area (Å²) < 4.78 is 10.4. The van der Waals surface area contributed by atoms with E-state index in [0.717, 1.165) is 0 Å². The second-order valence-corrected chi connectivity index (χ2v) is 5.74. The molecule has 0 aromatic heterocycles. The first kappa shape index (κ1) is 18.3. The first-order chi connectivity index (χ1) is 12.0. The highest BCUT2D eigenvalue weighted by atomic mass is 16.5. The van der Waals surface area contributed by atoms with Crippen molar-refractivity contribution < 1.29 is 19.1 Å². The van der Waals surface area contributed by atoms with Gasteiger partial charge in [0, 0.05) is 5.56 Å². The van der Waals surface area contributed by atoms with Gasteiger partial charge >= 0.3 is 0 Å². The summed E-state index contributed by atoms with van der Waals surface area (Å²) in [5.41, 5.74) is 6.26. The molecule has 2 N–H and O–H groups in total. The highest BCUT2D eigenvalue weighted by molar-refractivity contribution is 5.95. The van der Waals surface area contributed by atoms with Crippen molar-refractivity contribution in [3.05, 3.63) is 59.7 Å². The number of nitrogens with one attached hydrogen (secondary N) is 2. The van der Waals surface area contributed by atoms with Crippen LogP contribution in [0.15, 0.2) is 48.5 Å². The van der Waals surface area contributed by atoms with Gasteiger partial charge in [0.25, 0.3) is 11.8 Å². The van der Waals surface area contributed by atoms with E-state index < -0.39 is 11.8 Å². The molecule has 2 amide bonds. The monoisotopic (exact) mass is 342 g/mol. The fraction of sp³-hybridized carbons (Fsp3) is 0.263. The van der Waals surface area contributed by atoms with Gasteiger partial charge in [-0.15, -0.1) is 0 Å². The molecule has 0 unspecified atom stereocenters. The summed E-state index contributed by atoms with van der Waals surface area (Å²) in [7, 11) is 1.55. The summed E-state index contributed by atoms with van der Waals surface area (Å²) in [5, 5.41) is 0. The number of ether oxygens (including phenoxy) is 2. The van der Waals surface area contributed by atoms with Gasteiger partial charge in [0.05, 0.1) is 7.11 Å². The molecule has 0 fully saturated rings. The summed E-state index contributed by atoms with van der Waals surface area (Å²) >= 11 is 0. The van der Waals surface area contributed by atoms with Crippen LogP contribution >= 0.6 is 0 Å². The van der Waals surface area contributed by atoms with Crippen molar-refractivity contribution in [2.24, 2.45) is 0 Å². The van der Waals surface area contributed by atoms with Crippen LogP contribution in [0.2, 0.25) is 0 Å². The molecular weight excluding hydrogens is 320 g/mol. The third-order valence-electron chi connectivity index (χ3n) is 3.58. The Hall–Kier alpha value is -3.02. The van der Waals surface area contributed by atoms with Gasteiger partial charge in [-0.25, -0.2) is 0 Å². The smallest absolute Gasteiger partial charge is 0.276 e. The minimum Gasteiger partial charge on any atom is -0.497 e. The third kappa shape index (κ3) is 5.53. The molecule has 25 heavy (non-hydrogen) atoms. The SMILES string of the molecule is COc1ccc(C(=O)NNC(=O)COc2ccc(C(C)C)cc2)cc1. The number of methoxy groups -OCH3 is 1. The van der Waals surface area contributed by atoms with E-state index in [1.165, 1.54) is 5.56 Å². The maximum Gasteiger partial charge on any atom is 0.276 e. The molecule has 0 spiro atoms.